The van der Waals surface area contributed by atoms with Crippen LogP contribution in [0, 0.1) is 46.3 Å². The summed E-state index contributed by atoms with van der Waals surface area (Å²) >= 11 is 0. The molecule has 4 rings (SSSR count). The van der Waals surface area contributed by atoms with E-state index >= 15 is 0 Å². The lowest BCUT2D eigenvalue weighted by Gasteiger charge is -2.60. The molecule has 0 aliphatic heterocycles. The number of esters is 2. The summed E-state index contributed by atoms with van der Waals surface area (Å²) in [4.78, 5) is 26.0. The van der Waals surface area contributed by atoms with Crippen molar-refractivity contribution in [1.82, 2.24) is 0 Å². The Hall–Kier alpha value is -1.06. The Morgan fingerprint density at radius 1 is 0.757 bits per heavy atom. The van der Waals surface area contributed by atoms with Crippen LogP contribution in [0.25, 0.3) is 0 Å². The molecule has 212 valence electrons. The van der Waals surface area contributed by atoms with Gasteiger partial charge in [-0.3, -0.25) is 9.59 Å². The van der Waals surface area contributed by atoms with Gasteiger partial charge in [-0.15, -0.1) is 0 Å². The third-order valence-electron chi connectivity index (χ3n) is 11.2. The highest BCUT2D eigenvalue weighted by Crippen LogP contribution is 2.67. The van der Waals surface area contributed by atoms with Gasteiger partial charge in [0.1, 0.15) is 11.2 Å². The Kier molecular flexibility index (Phi) is 8.20. The van der Waals surface area contributed by atoms with Gasteiger partial charge in [0.2, 0.25) is 0 Å². The van der Waals surface area contributed by atoms with Crippen LogP contribution in [0.1, 0.15) is 139 Å². The highest BCUT2D eigenvalue weighted by Gasteiger charge is 2.59. The van der Waals surface area contributed by atoms with Gasteiger partial charge in [0, 0.05) is 0 Å². The second kappa shape index (κ2) is 10.5. The number of carbonyl (C=O) groups is 2. The van der Waals surface area contributed by atoms with E-state index in [1.54, 1.807) is 0 Å². The zero-order valence-corrected chi connectivity index (χ0v) is 25.3. The second-order valence-corrected chi connectivity index (χ2v) is 15.8. The normalized spacial score (nSPS) is 37.9. The minimum Gasteiger partial charge on any atom is -0.459 e. The van der Waals surface area contributed by atoms with Gasteiger partial charge in [0.05, 0.1) is 0 Å². The van der Waals surface area contributed by atoms with Gasteiger partial charge in [-0.2, -0.15) is 0 Å². The molecule has 0 spiro atoms. The van der Waals surface area contributed by atoms with Crippen molar-refractivity contribution in [3.05, 3.63) is 0 Å². The van der Waals surface area contributed by atoms with Gasteiger partial charge in [-0.1, -0.05) is 33.1 Å². The van der Waals surface area contributed by atoms with Gasteiger partial charge in [-0.25, -0.2) is 0 Å². The lowest BCUT2D eigenvalue weighted by atomic mass is 9.45. The molecule has 0 amide bonds. The minimum absolute atomic E-state index is 0.423. The lowest BCUT2D eigenvalue weighted by molar-refractivity contribution is -0.174. The Morgan fingerprint density at radius 2 is 1.38 bits per heavy atom. The number of fused-ring (bicyclic) bond motifs is 5. The van der Waals surface area contributed by atoms with Crippen LogP contribution in [-0.4, -0.2) is 23.1 Å². The first kappa shape index (κ1) is 28.9. The molecule has 0 bridgehead atoms. The Labute approximate surface area is 227 Å². The number of ether oxygens (including phenoxy) is 2. The molecule has 7 atom stereocenters. The predicted molar refractivity (Wildman–Crippen MR) is 149 cm³/mol. The quantitative estimate of drug-likeness (QED) is 0.262. The van der Waals surface area contributed by atoms with Crippen LogP contribution in [0.4, 0.5) is 0 Å². The van der Waals surface area contributed by atoms with Crippen molar-refractivity contribution in [2.24, 2.45) is 46.3 Å². The van der Waals surface area contributed by atoms with Crippen LogP contribution >= 0.6 is 0 Å². The minimum atomic E-state index is -0.833. The number of carbonyl (C=O) groups excluding carboxylic acids is 2. The third-order valence-corrected chi connectivity index (χ3v) is 11.2. The van der Waals surface area contributed by atoms with Gasteiger partial charge in [-0.05, 0) is 146 Å². The number of hydrogen-bond acceptors (Lipinski definition) is 4. The van der Waals surface area contributed by atoms with E-state index in [1.165, 1.54) is 64.2 Å². The molecule has 4 saturated carbocycles. The molecule has 4 fully saturated rings. The van der Waals surface area contributed by atoms with Crippen molar-refractivity contribution in [2.45, 2.75) is 150 Å². The molecular formula is C33H56O4. The van der Waals surface area contributed by atoms with E-state index in [4.69, 9.17) is 9.47 Å². The first-order valence-electron chi connectivity index (χ1n) is 15.6. The lowest BCUT2D eigenvalue weighted by Crippen LogP contribution is -2.52. The van der Waals surface area contributed by atoms with Crippen LogP contribution in [0.2, 0.25) is 0 Å². The highest BCUT2D eigenvalue weighted by molar-refractivity contribution is 5.95. The summed E-state index contributed by atoms with van der Waals surface area (Å²) in [5.74, 6) is 2.69. The van der Waals surface area contributed by atoms with Crippen LogP contribution in [-0.2, 0) is 19.1 Å². The molecule has 4 aliphatic carbocycles. The summed E-state index contributed by atoms with van der Waals surface area (Å²) in [7, 11) is 0. The van der Waals surface area contributed by atoms with Crippen molar-refractivity contribution in [2.75, 3.05) is 0 Å². The fourth-order valence-electron chi connectivity index (χ4n) is 9.52. The maximum Gasteiger partial charge on any atom is 0.320 e. The monoisotopic (exact) mass is 516 g/mol. The Morgan fingerprint density at radius 3 is 2.00 bits per heavy atom. The van der Waals surface area contributed by atoms with E-state index in [2.05, 4.69) is 13.8 Å². The van der Waals surface area contributed by atoms with Crippen molar-refractivity contribution >= 4 is 11.9 Å². The first-order chi connectivity index (χ1) is 17.1. The van der Waals surface area contributed by atoms with Gasteiger partial charge >= 0.3 is 11.9 Å². The molecule has 0 aromatic heterocycles. The summed E-state index contributed by atoms with van der Waals surface area (Å²) in [6.07, 6.45) is 16.7. The average molecular weight is 517 g/mol. The maximum absolute atomic E-state index is 13.0. The zero-order valence-electron chi connectivity index (χ0n) is 25.3. The fourth-order valence-corrected chi connectivity index (χ4v) is 9.52. The smallest absolute Gasteiger partial charge is 0.320 e. The van der Waals surface area contributed by atoms with Gasteiger partial charge < -0.3 is 9.47 Å². The molecule has 0 aromatic carbocycles. The molecule has 5 unspecified atom stereocenters. The van der Waals surface area contributed by atoms with Crippen molar-refractivity contribution in [3.63, 3.8) is 0 Å². The molecule has 0 radical (unpaired) electrons. The van der Waals surface area contributed by atoms with Crippen molar-refractivity contribution in [1.29, 1.82) is 0 Å². The van der Waals surface area contributed by atoms with Crippen LogP contribution in [0.3, 0.4) is 0 Å². The largest absolute Gasteiger partial charge is 0.459 e. The molecular weight excluding hydrogens is 460 g/mol. The summed E-state index contributed by atoms with van der Waals surface area (Å²) in [5.41, 5.74) is -0.215. The summed E-state index contributed by atoms with van der Waals surface area (Å²) in [5, 5.41) is 0. The first-order valence-corrected chi connectivity index (χ1v) is 15.6. The summed E-state index contributed by atoms with van der Waals surface area (Å²) < 4.78 is 11.3. The molecule has 37 heavy (non-hydrogen) atoms. The zero-order chi connectivity index (χ0) is 27.2. The standard InChI is InChI=1S/C33H56O4/c1-30(2,3)36-28(34)25(29(35)37-31(4,5)6)14-11-13-23-16-18-26-24-17-15-22-12-9-10-20-32(22,7)27(24)19-21-33(23,26)8/h22-27H,9-21H2,1-8H3/t22?,23?,24?,26?,27?,32-,33+/m0/s1. The Bertz CT molecular complexity index is 806. The predicted octanol–water partition coefficient (Wildman–Crippen LogP) is 8.51. The van der Waals surface area contributed by atoms with E-state index < -0.39 is 29.1 Å². The van der Waals surface area contributed by atoms with E-state index in [1.807, 2.05) is 41.5 Å². The molecule has 0 N–H and O–H groups in total. The third kappa shape index (κ3) is 6.08. The molecule has 4 heteroatoms. The number of rotatable bonds is 6. The van der Waals surface area contributed by atoms with Crippen molar-refractivity contribution in [3.8, 4) is 0 Å². The highest BCUT2D eigenvalue weighted by atomic mass is 16.6. The molecule has 0 heterocycles. The number of hydrogen-bond donors (Lipinski definition) is 0. The molecule has 4 nitrogen and oxygen atoms in total. The molecule has 0 aromatic rings. The summed E-state index contributed by atoms with van der Waals surface area (Å²) in [6, 6.07) is 0. The Balaban J connectivity index is 1.39. The van der Waals surface area contributed by atoms with E-state index in [0.717, 1.165) is 36.5 Å². The molecule has 4 aliphatic rings. The van der Waals surface area contributed by atoms with E-state index in [0.29, 0.717) is 23.2 Å². The summed E-state index contributed by atoms with van der Waals surface area (Å²) in [6.45, 7) is 16.4. The van der Waals surface area contributed by atoms with Crippen LogP contribution < -0.4 is 0 Å². The fraction of sp³-hybridized carbons (Fsp3) is 0.939. The van der Waals surface area contributed by atoms with E-state index in [9.17, 15) is 9.59 Å². The SMILES string of the molecule is CC(C)(C)OC(=O)C(CCCC1CCC2C3CCC4CCCC[C@]4(C)C3CC[C@]12C)C(=O)OC(C)(C)C. The van der Waals surface area contributed by atoms with Crippen LogP contribution in [0.15, 0.2) is 0 Å². The maximum atomic E-state index is 13.0. The topological polar surface area (TPSA) is 52.6 Å². The van der Waals surface area contributed by atoms with E-state index in [-0.39, 0.29) is 0 Å². The molecule has 0 saturated heterocycles. The van der Waals surface area contributed by atoms with Gasteiger partial charge in [0.15, 0.2) is 5.92 Å². The second-order valence-electron chi connectivity index (χ2n) is 15.8. The van der Waals surface area contributed by atoms with Gasteiger partial charge in [0.25, 0.3) is 0 Å². The van der Waals surface area contributed by atoms with Crippen molar-refractivity contribution < 1.29 is 19.1 Å². The van der Waals surface area contributed by atoms with Crippen LogP contribution in [0.5, 0.6) is 0 Å². The average Bonchev–Trinajstić information content (AvgIpc) is 3.10.